The first kappa shape index (κ1) is 25.4. The smallest absolute Gasteiger partial charge is 0.255 e. The third-order valence-electron chi connectivity index (χ3n) is 5.16. The number of H-pyrrole nitrogens is 1. The Labute approximate surface area is 190 Å². The van der Waals surface area contributed by atoms with Gasteiger partial charge in [-0.1, -0.05) is 45.4 Å². The van der Waals surface area contributed by atoms with Gasteiger partial charge in [0.2, 0.25) is 5.95 Å². The average molecular weight is 445 g/mol. The number of aryl methyl sites for hydroxylation is 1. The van der Waals surface area contributed by atoms with Crippen molar-refractivity contribution in [1.29, 1.82) is 0 Å². The molecule has 0 aliphatic rings. The van der Waals surface area contributed by atoms with Crippen LogP contribution in [0, 0.1) is 6.92 Å². The lowest BCUT2D eigenvalue weighted by Crippen LogP contribution is -2.19. The standard InChI is InChI=1S/C24H36N4O4/c1-4-5-6-7-8-9-10-15-32-21-12-11-19(16-22(21)31-3)17-25-28-24-26-18(2)20(13-14-29)23(30)27-24/h11-12,16-17,29H,4-10,13-15H2,1-3H3,(H2,26,27,28,30)/b25-17-. The summed E-state index contributed by atoms with van der Waals surface area (Å²) >= 11 is 0. The molecule has 2 aromatic rings. The molecule has 0 aliphatic heterocycles. The van der Waals surface area contributed by atoms with Crippen molar-refractivity contribution in [3.8, 4) is 11.5 Å². The van der Waals surface area contributed by atoms with Gasteiger partial charge in [0.25, 0.3) is 5.56 Å². The molecule has 1 aromatic carbocycles. The maximum atomic E-state index is 12.1. The molecule has 1 aromatic heterocycles. The molecule has 0 aliphatic carbocycles. The van der Waals surface area contributed by atoms with Crippen molar-refractivity contribution in [2.45, 2.75) is 65.2 Å². The van der Waals surface area contributed by atoms with Gasteiger partial charge in [0, 0.05) is 18.6 Å². The summed E-state index contributed by atoms with van der Waals surface area (Å²) < 4.78 is 11.3. The molecule has 8 nitrogen and oxygen atoms in total. The van der Waals surface area contributed by atoms with Crippen LogP contribution in [0.1, 0.15) is 68.7 Å². The van der Waals surface area contributed by atoms with Crippen LogP contribution < -0.4 is 20.5 Å². The summed E-state index contributed by atoms with van der Waals surface area (Å²) in [5, 5.41) is 13.2. The van der Waals surface area contributed by atoms with E-state index in [1.807, 2.05) is 18.2 Å². The number of rotatable bonds is 15. The summed E-state index contributed by atoms with van der Waals surface area (Å²) in [5.41, 5.74) is 4.29. The van der Waals surface area contributed by atoms with E-state index in [9.17, 15) is 4.79 Å². The zero-order chi connectivity index (χ0) is 23.2. The van der Waals surface area contributed by atoms with Crippen molar-refractivity contribution in [2.24, 2.45) is 5.10 Å². The second kappa shape index (κ2) is 14.2. The minimum Gasteiger partial charge on any atom is -0.493 e. The Bertz CT molecular complexity index is 911. The number of hydrogen-bond acceptors (Lipinski definition) is 7. The molecule has 3 N–H and O–H groups in total. The van der Waals surface area contributed by atoms with Crippen LogP contribution in [0.4, 0.5) is 5.95 Å². The Hall–Kier alpha value is -2.87. The average Bonchev–Trinajstić information content (AvgIpc) is 2.78. The summed E-state index contributed by atoms with van der Waals surface area (Å²) in [6.45, 7) is 4.53. The number of aliphatic hydroxyl groups excluding tert-OH is 1. The fraction of sp³-hybridized carbons (Fsp3) is 0.542. The predicted molar refractivity (Wildman–Crippen MR) is 128 cm³/mol. The Kier molecular flexibility index (Phi) is 11.3. The Balaban J connectivity index is 1.87. The molecular formula is C24H36N4O4. The number of aromatic nitrogens is 2. The van der Waals surface area contributed by atoms with Gasteiger partial charge in [0.1, 0.15) is 0 Å². The van der Waals surface area contributed by atoms with Gasteiger partial charge < -0.3 is 14.6 Å². The van der Waals surface area contributed by atoms with Crippen molar-refractivity contribution in [2.75, 3.05) is 25.7 Å². The highest BCUT2D eigenvalue weighted by Crippen LogP contribution is 2.28. The first-order chi connectivity index (χ1) is 15.6. The molecule has 1 heterocycles. The molecule has 0 spiro atoms. The van der Waals surface area contributed by atoms with Gasteiger partial charge >= 0.3 is 0 Å². The van der Waals surface area contributed by atoms with E-state index in [4.69, 9.17) is 14.6 Å². The highest BCUT2D eigenvalue weighted by molar-refractivity contribution is 5.81. The van der Waals surface area contributed by atoms with Crippen LogP contribution >= 0.6 is 0 Å². The van der Waals surface area contributed by atoms with E-state index in [0.29, 0.717) is 29.4 Å². The largest absolute Gasteiger partial charge is 0.493 e. The highest BCUT2D eigenvalue weighted by atomic mass is 16.5. The quantitative estimate of drug-likeness (QED) is 0.216. The lowest BCUT2D eigenvalue weighted by molar-refractivity contribution is 0.284. The summed E-state index contributed by atoms with van der Waals surface area (Å²) in [4.78, 5) is 18.9. The summed E-state index contributed by atoms with van der Waals surface area (Å²) in [5.74, 6) is 1.60. The minimum atomic E-state index is -0.284. The molecule has 0 bridgehead atoms. The van der Waals surface area contributed by atoms with Crippen LogP contribution in [-0.2, 0) is 6.42 Å². The second-order valence-electron chi connectivity index (χ2n) is 7.70. The first-order valence-electron chi connectivity index (χ1n) is 11.4. The van der Waals surface area contributed by atoms with Crippen molar-refractivity contribution in [1.82, 2.24) is 9.97 Å². The van der Waals surface area contributed by atoms with Crippen molar-refractivity contribution >= 4 is 12.2 Å². The number of methoxy groups -OCH3 is 1. The number of aromatic amines is 1. The van der Waals surface area contributed by atoms with E-state index in [2.05, 4.69) is 27.4 Å². The lowest BCUT2D eigenvalue weighted by atomic mass is 10.1. The molecule has 0 radical (unpaired) electrons. The molecule has 0 atom stereocenters. The maximum absolute atomic E-state index is 12.1. The van der Waals surface area contributed by atoms with E-state index in [-0.39, 0.29) is 24.5 Å². The zero-order valence-electron chi connectivity index (χ0n) is 19.4. The summed E-state index contributed by atoms with van der Waals surface area (Å²) in [6, 6.07) is 5.60. The molecule has 32 heavy (non-hydrogen) atoms. The van der Waals surface area contributed by atoms with Crippen LogP contribution in [0.2, 0.25) is 0 Å². The van der Waals surface area contributed by atoms with Crippen LogP contribution in [0.3, 0.4) is 0 Å². The van der Waals surface area contributed by atoms with E-state index < -0.39 is 0 Å². The van der Waals surface area contributed by atoms with E-state index in [1.54, 1.807) is 20.2 Å². The number of nitrogens with zero attached hydrogens (tertiary/aromatic N) is 2. The predicted octanol–water partition coefficient (Wildman–Crippen LogP) is 4.20. The second-order valence-corrected chi connectivity index (χ2v) is 7.70. The lowest BCUT2D eigenvalue weighted by Gasteiger charge is -2.11. The highest BCUT2D eigenvalue weighted by Gasteiger charge is 2.08. The van der Waals surface area contributed by atoms with Gasteiger partial charge in [-0.3, -0.25) is 9.78 Å². The minimum absolute atomic E-state index is 0.100. The van der Waals surface area contributed by atoms with Gasteiger partial charge in [-0.2, -0.15) is 5.10 Å². The number of anilines is 1. The van der Waals surface area contributed by atoms with Gasteiger partial charge in [-0.05, 0) is 37.1 Å². The van der Waals surface area contributed by atoms with E-state index in [1.165, 1.54) is 38.5 Å². The molecule has 0 saturated carbocycles. The zero-order valence-corrected chi connectivity index (χ0v) is 19.4. The van der Waals surface area contributed by atoms with Crippen LogP contribution in [0.5, 0.6) is 11.5 Å². The fourth-order valence-corrected chi connectivity index (χ4v) is 3.36. The first-order valence-corrected chi connectivity index (χ1v) is 11.4. The number of nitrogens with one attached hydrogen (secondary N) is 2. The molecule has 176 valence electrons. The van der Waals surface area contributed by atoms with E-state index in [0.717, 1.165) is 12.0 Å². The number of ether oxygens (including phenoxy) is 2. The van der Waals surface area contributed by atoms with Crippen molar-refractivity contribution in [3.05, 3.63) is 45.4 Å². The van der Waals surface area contributed by atoms with Gasteiger partial charge in [-0.25, -0.2) is 10.4 Å². The Morgan fingerprint density at radius 2 is 1.91 bits per heavy atom. The van der Waals surface area contributed by atoms with E-state index >= 15 is 0 Å². The number of unbranched alkanes of at least 4 members (excludes halogenated alkanes) is 6. The molecule has 8 heteroatoms. The molecule has 0 saturated heterocycles. The molecular weight excluding hydrogens is 408 g/mol. The number of benzene rings is 1. The summed E-state index contributed by atoms with van der Waals surface area (Å²) in [7, 11) is 1.61. The summed E-state index contributed by atoms with van der Waals surface area (Å²) in [6.07, 6.45) is 10.6. The van der Waals surface area contributed by atoms with Gasteiger partial charge in [0.05, 0.1) is 25.6 Å². The Morgan fingerprint density at radius 1 is 1.16 bits per heavy atom. The van der Waals surface area contributed by atoms with Crippen LogP contribution in [-0.4, -0.2) is 41.6 Å². The SMILES string of the molecule is CCCCCCCCCOc1ccc(/C=N\Nc2nc(C)c(CCO)c(=O)[nH]2)cc1OC. The topological polar surface area (TPSA) is 109 Å². The van der Waals surface area contributed by atoms with Gasteiger partial charge in [-0.15, -0.1) is 0 Å². The number of hydrazone groups is 1. The normalized spacial score (nSPS) is 11.1. The molecule has 2 rings (SSSR count). The van der Waals surface area contributed by atoms with Crippen LogP contribution in [0.15, 0.2) is 28.1 Å². The van der Waals surface area contributed by atoms with Crippen molar-refractivity contribution in [3.63, 3.8) is 0 Å². The van der Waals surface area contributed by atoms with Crippen molar-refractivity contribution < 1.29 is 14.6 Å². The van der Waals surface area contributed by atoms with Crippen LogP contribution in [0.25, 0.3) is 0 Å². The molecule has 0 fully saturated rings. The Morgan fingerprint density at radius 3 is 2.59 bits per heavy atom. The van der Waals surface area contributed by atoms with Gasteiger partial charge in [0.15, 0.2) is 11.5 Å². The molecule has 0 amide bonds. The third-order valence-corrected chi connectivity index (χ3v) is 5.16. The number of hydrogen-bond donors (Lipinski definition) is 3. The maximum Gasteiger partial charge on any atom is 0.255 e. The fourth-order valence-electron chi connectivity index (χ4n) is 3.36. The molecule has 0 unspecified atom stereocenters. The third kappa shape index (κ3) is 8.34. The monoisotopic (exact) mass is 444 g/mol. The number of aliphatic hydroxyl groups is 1.